The first-order chi connectivity index (χ1) is 11.1. The molecule has 3 heterocycles. The third-order valence-electron chi connectivity index (χ3n) is 4.25. The van der Waals surface area contributed by atoms with Crippen LogP contribution >= 0.6 is 11.3 Å². The van der Waals surface area contributed by atoms with Crippen molar-refractivity contribution in [3.05, 3.63) is 29.5 Å². The zero-order valence-corrected chi connectivity index (χ0v) is 14.3. The number of nitrogens with zero attached hydrogens (tertiary/aromatic N) is 3. The second-order valence-electron chi connectivity index (χ2n) is 6.25. The minimum atomic E-state index is -0.211. The Morgan fingerprint density at radius 3 is 2.65 bits per heavy atom. The zero-order valence-electron chi connectivity index (χ0n) is 13.5. The van der Waals surface area contributed by atoms with E-state index in [1.165, 1.54) is 11.3 Å². The second-order valence-corrected chi connectivity index (χ2v) is 7.26. The summed E-state index contributed by atoms with van der Waals surface area (Å²) in [6.45, 7) is 5.49. The molecular formula is C16H22N4O2S. The summed E-state index contributed by atoms with van der Waals surface area (Å²) >= 11 is 1.44. The normalized spacial score (nSPS) is 17.3. The summed E-state index contributed by atoms with van der Waals surface area (Å²) in [6.07, 6.45) is 6.15. The first kappa shape index (κ1) is 16.1. The van der Waals surface area contributed by atoms with Crippen LogP contribution in [0.2, 0.25) is 0 Å². The van der Waals surface area contributed by atoms with Crippen molar-refractivity contribution in [2.75, 3.05) is 18.5 Å². The Labute approximate surface area is 139 Å². The van der Waals surface area contributed by atoms with E-state index < -0.39 is 0 Å². The predicted octanol–water partition coefficient (Wildman–Crippen LogP) is 3.00. The van der Waals surface area contributed by atoms with Crippen LogP contribution in [0, 0.1) is 0 Å². The molecule has 1 amide bonds. The largest absolute Gasteiger partial charge is 0.381 e. The summed E-state index contributed by atoms with van der Waals surface area (Å²) in [5.41, 5.74) is -0.211. The fourth-order valence-electron chi connectivity index (χ4n) is 2.91. The summed E-state index contributed by atoms with van der Waals surface area (Å²) in [6, 6.07) is 3.99. The van der Waals surface area contributed by atoms with Gasteiger partial charge in [-0.25, -0.2) is 0 Å². The number of aromatic nitrogens is 3. The maximum Gasteiger partial charge on any atom is 0.228 e. The number of amides is 1. The van der Waals surface area contributed by atoms with Gasteiger partial charge in [0.15, 0.2) is 0 Å². The molecule has 0 spiro atoms. The first-order valence-corrected chi connectivity index (χ1v) is 8.75. The van der Waals surface area contributed by atoms with Gasteiger partial charge in [0.1, 0.15) is 5.01 Å². The molecule has 1 fully saturated rings. The Kier molecular flexibility index (Phi) is 4.77. The number of ether oxygens (including phenoxy) is 1. The highest BCUT2D eigenvalue weighted by Gasteiger charge is 2.36. The molecule has 1 saturated heterocycles. The van der Waals surface area contributed by atoms with Crippen LogP contribution in [-0.2, 0) is 15.1 Å². The van der Waals surface area contributed by atoms with Crippen LogP contribution in [-0.4, -0.2) is 33.9 Å². The number of anilines is 1. The van der Waals surface area contributed by atoms with Crippen LogP contribution in [0.4, 0.5) is 5.13 Å². The molecule has 0 bridgehead atoms. The molecule has 1 aliphatic heterocycles. The van der Waals surface area contributed by atoms with Crippen LogP contribution < -0.4 is 5.32 Å². The van der Waals surface area contributed by atoms with Gasteiger partial charge in [0.2, 0.25) is 11.0 Å². The highest BCUT2D eigenvalue weighted by Crippen LogP contribution is 2.33. The molecule has 2 aromatic rings. The summed E-state index contributed by atoms with van der Waals surface area (Å²) in [5, 5.41) is 12.6. The van der Waals surface area contributed by atoms with E-state index >= 15 is 0 Å². The molecule has 0 atom stereocenters. The van der Waals surface area contributed by atoms with Gasteiger partial charge in [-0.2, -0.15) is 0 Å². The molecule has 0 aliphatic carbocycles. The van der Waals surface area contributed by atoms with Crippen molar-refractivity contribution >= 4 is 22.4 Å². The van der Waals surface area contributed by atoms with Crippen molar-refractivity contribution in [1.29, 1.82) is 0 Å². The predicted molar refractivity (Wildman–Crippen MR) is 89.7 cm³/mol. The topological polar surface area (TPSA) is 69.0 Å². The second kappa shape index (κ2) is 6.80. The number of carbonyl (C=O) groups excluding carboxylic acids is 1. The van der Waals surface area contributed by atoms with Gasteiger partial charge in [0, 0.05) is 31.5 Å². The van der Waals surface area contributed by atoms with Gasteiger partial charge in [0.25, 0.3) is 0 Å². The molecule has 6 nitrogen and oxygen atoms in total. The summed E-state index contributed by atoms with van der Waals surface area (Å²) in [7, 11) is 0. The maximum atomic E-state index is 12.5. The van der Waals surface area contributed by atoms with Gasteiger partial charge in [-0.3, -0.25) is 4.79 Å². The average Bonchev–Trinajstić information content (AvgIpc) is 3.19. The molecular weight excluding hydrogens is 312 g/mol. The first-order valence-electron chi connectivity index (χ1n) is 7.93. The molecule has 1 N–H and O–H groups in total. The molecule has 0 aromatic carbocycles. The fourth-order valence-corrected chi connectivity index (χ4v) is 3.67. The summed E-state index contributed by atoms with van der Waals surface area (Å²) in [4.78, 5) is 12.5. The fraction of sp³-hybridized carbons (Fsp3) is 0.562. The van der Waals surface area contributed by atoms with Crippen LogP contribution in [0.3, 0.4) is 0 Å². The van der Waals surface area contributed by atoms with Crippen molar-refractivity contribution in [3.63, 3.8) is 0 Å². The lowest BCUT2D eigenvalue weighted by Gasteiger charge is -2.38. The molecule has 2 aromatic heterocycles. The van der Waals surface area contributed by atoms with Gasteiger partial charge < -0.3 is 14.6 Å². The monoisotopic (exact) mass is 334 g/mol. The van der Waals surface area contributed by atoms with E-state index in [2.05, 4.69) is 33.9 Å². The molecule has 7 heteroatoms. The number of rotatable bonds is 5. The molecule has 0 unspecified atom stereocenters. The van der Waals surface area contributed by atoms with E-state index in [1.807, 2.05) is 24.5 Å². The quantitative estimate of drug-likeness (QED) is 0.912. The minimum absolute atomic E-state index is 0.0212. The van der Waals surface area contributed by atoms with Crippen molar-refractivity contribution < 1.29 is 9.53 Å². The third kappa shape index (κ3) is 3.61. The van der Waals surface area contributed by atoms with Crippen LogP contribution in [0.1, 0.15) is 44.0 Å². The van der Waals surface area contributed by atoms with Gasteiger partial charge in [-0.1, -0.05) is 25.2 Å². The molecule has 3 rings (SSSR count). The standard InChI is InChI=1S/C16H22N4O2S/c1-12(2)14-18-19-15(23-14)17-13(21)11-16(5-9-22-10-6-16)20-7-3-4-8-20/h3-4,7-8,12H,5-6,9-11H2,1-2H3,(H,17,19,21). The molecule has 1 aliphatic rings. The Balaban J connectivity index is 1.71. The molecule has 0 saturated carbocycles. The van der Waals surface area contributed by atoms with Crippen molar-refractivity contribution in [3.8, 4) is 0 Å². The van der Waals surface area contributed by atoms with E-state index in [4.69, 9.17) is 4.74 Å². The molecule has 0 radical (unpaired) electrons. The number of hydrogen-bond acceptors (Lipinski definition) is 5. The Morgan fingerprint density at radius 1 is 1.35 bits per heavy atom. The number of nitrogens with one attached hydrogen (secondary N) is 1. The summed E-state index contributed by atoms with van der Waals surface area (Å²) in [5.74, 6) is 0.298. The average molecular weight is 334 g/mol. The number of hydrogen-bond donors (Lipinski definition) is 1. The van der Waals surface area contributed by atoms with Gasteiger partial charge in [0.05, 0.1) is 12.0 Å². The van der Waals surface area contributed by atoms with E-state index in [-0.39, 0.29) is 11.4 Å². The Morgan fingerprint density at radius 2 is 2.04 bits per heavy atom. The third-order valence-corrected chi connectivity index (χ3v) is 5.39. The van der Waals surface area contributed by atoms with Crippen molar-refractivity contribution in [2.24, 2.45) is 0 Å². The highest BCUT2D eigenvalue weighted by atomic mass is 32.1. The smallest absolute Gasteiger partial charge is 0.228 e. The molecule has 124 valence electrons. The highest BCUT2D eigenvalue weighted by molar-refractivity contribution is 7.15. The van der Waals surface area contributed by atoms with E-state index in [0.29, 0.717) is 30.7 Å². The van der Waals surface area contributed by atoms with Crippen LogP contribution in [0.5, 0.6) is 0 Å². The van der Waals surface area contributed by atoms with E-state index in [0.717, 1.165) is 17.8 Å². The SMILES string of the molecule is CC(C)c1nnc(NC(=O)CC2(n3cccc3)CCOCC2)s1. The van der Waals surface area contributed by atoms with Gasteiger partial charge in [-0.15, -0.1) is 10.2 Å². The lowest BCUT2D eigenvalue weighted by atomic mass is 9.86. The summed E-state index contributed by atoms with van der Waals surface area (Å²) < 4.78 is 7.63. The maximum absolute atomic E-state index is 12.5. The van der Waals surface area contributed by atoms with Gasteiger partial charge in [-0.05, 0) is 25.0 Å². The number of carbonyl (C=O) groups is 1. The molecule has 23 heavy (non-hydrogen) atoms. The minimum Gasteiger partial charge on any atom is -0.381 e. The van der Waals surface area contributed by atoms with E-state index in [9.17, 15) is 4.79 Å². The van der Waals surface area contributed by atoms with Crippen LogP contribution in [0.25, 0.3) is 0 Å². The lowest BCUT2D eigenvalue weighted by Crippen LogP contribution is -2.42. The van der Waals surface area contributed by atoms with Gasteiger partial charge >= 0.3 is 0 Å². The van der Waals surface area contributed by atoms with Crippen molar-refractivity contribution in [1.82, 2.24) is 14.8 Å². The van der Waals surface area contributed by atoms with Crippen LogP contribution in [0.15, 0.2) is 24.5 Å². The Hall–Kier alpha value is -1.73. The van der Waals surface area contributed by atoms with Crippen molar-refractivity contribution in [2.45, 2.75) is 44.6 Å². The zero-order chi connectivity index (χ0) is 16.3. The van der Waals surface area contributed by atoms with E-state index in [1.54, 1.807) is 0 Å². The Bertz CT molecular complexity index is 645. The lowest BCUT2D eigenvalue weighted by molar-refractivity contribution is -0.119.